The van der Waals surface area contributed by atoms with Crippen LogP contribution in [-0.4, -0.2) is 132 Å². The molecule has 11 heteroatoms. The van der Waals surface area contributed by atoms with Gasteiger partial charge < -0.3 is 47.9 Å². The SMILES string of the molecule is CCCCCCCCCC(=O)OCCOCCOCCOCCOCCOCCOCCOCCOCCNC. The molecule has 0 saturated heterocycles. The summed E-state index contributed by atoms with van der Waals surface area (Å²) < 4.78 is 48.6. The minimum absolute atomic E-state index is 0.136. The summed E-state index contributed by atoms with van der Waals surface area (Å²) in [6.45, 7) is 11.7. The number of likely N-dealkylation sites (N-methyl/N-ethyl adjacent to an activating group) is 1. The topological polar surface area (TPSA) is 112 Å². The molecule has 0 aromatic rings. The van der Waals surface area contributed by atoms with E-state index in [-0.39, 0.29) is 5.97 Å². The highest BCUT2D eigenvalue weighted by Gasteiger charge is 2.02. The van der Waals surface area contributed by atoms with Gasteiger partial charge in [-0.2, -0.15) is 0 Å². The van der Waals surface area contributed by atoms with Crippen molar-refractivity contribution in [2.75, 3.05) is 126 Å². The van der Waals surface area contributed by atoms with Crippen molar-refractivity contribution in [3.05, 3.63) is 0 Å². The first-order valence-electron chi connectivity index (χ1n) is 15.2. The van der Waals surface area contributed by atoms with E-state index in [0.29, 0.717) is 119 Å². The number of ether oxygens (including phenoxy) is 9. The maximum Gasteiger partial charge on any atom is 0.305 e. The summed E-state index contributed by atoms with van der Waals surface area (Å²) in [6.07, 6.45) is 8.83. The quantitative estimate of drug-likeness (QED) is 0.0880. The molecule has 1 N–H and O–H groups in total. The Balaban J connectivity index is 3.09. The number of esters is 1. The van der Waals surface area contributed by atoms with Crippen LogP contribution in [0, 0.1) is 0 Å². The van der Waals surface area contributed by atoms with Crippen molar-refractivity contribution in [2.24, 2.45) is 0 Å². The average molecular weight is 582 g/mol. The van der Waals surface area contributed by atoms with Crippen molar-refractivity contribution in [1.29, 1.82) is 0 Å². The molecule has 11 nitrogen and oxygen atoms in total. The fourth-order valence-electron chi connectivity index (χ4n) is 3.33. The molecule has 0 fully saturated rings. The second-order valence-corrected chi connectivity index (χ2v) is 9.09. The lowest BCUT2D eigenvalue weighted by molar-refractivity contribution is -0.145. The molecule has 0 aliphatic heterocycles. The molecule has 0 spiro atoms. The predicted molar refractivity (Wildman–Crippen MR) is 154 cm³/mol. The molecule has 40 heavy (non-hydrogen) atoms. The Bertz CT molecular complexity index is 488. The van der Waals surface area contributed by atoms with Crippen LogP contribution in [0.2, 0.25) is 0 Å². The van der Waals surface area contributed by atoms with E-state index in [9.17, 15) is 4.79 Å². The summed E-state index contributed by atoms with van der Waals surface area (Å²) in [5.41, 5.74) is 0. The standard InChI is InChI=1S/C29H59NO10/c1-3-4-5-6-7-8-9-10-29(31)40-28-27-39-26-25-38-24-23-37-22-21-36-20-19-35-18-17-34-16-15-33-14-13-32-12-11-30-2/h30H,3-28H2,1-2H3. The lowest BCUT2D eigenvalue weighted by Gasteiger charge is -2.09. The first-order valence-corrected chi connectivity index (χ1v) is 15.2. The molecule has 0 aliphatic carbocycles. The number of hydrogen-bond acceptors (Lipinski definition) is 11. The largest absolute Gasteiger partial charge is 0.463 e. The molecule has 0 bridgehead atoms. The maximum absolute atomic E-state index is 11.7. The molecule has 0 heterocycles. The van der Waals surface area contributed by atoms with E-state index in [2.05, 4.69) is 12.2 Å². The number of carbonyl (C=O) groups excluding carboxylic acids is 1. The summed E-state index contributed by atoms with van der Waals surface area (Å²) in [5.74, 6) is -0.136. The van der Waals surface area contributed by atoms with Crippen LogP contribution in [0.4, 0.5) is 0 Å². The molecule has 0 aromatic heterocycles. The number of hydrogen-bond donors (Lipinski definition) is 1. The van der Waals surface area contributed by atoms with Gasteiger partial charge in [-0.25, -0.2) is 0 Å². The Labute approximate surface area is 243 Å². The molecule has 0 atom stereocenters. The monoisotopic (exact) mass is 581 g/mol. The highest BCUT2D eigenvalue weighted by molar-refractivity contribution is 5.69. The van der Waals surface area contributed by atoms with Gasteiger partial charge in [0.25, 0.3) is 0 Å². The molecule has 0 unspecified atom stereocenters. The zero-order chi connectivity index (χ0) is 29.0. The summed E-state index contributed by atoms with van der Waals surface area (Å²) in [7, 11) is 1.90. The third-order valence-corrected chi connectivity index (χ3v) is 5.58. The van der Waals surface area contributed by atoms with Crippen molar-refractivity contribution in [2.45, 2.75) is 58.3 Å². The van der Waals surface area contributed by atoms with E-state index in [4.69, 9.17) is 42.6 Å². The van der Waals surface area contributed by atoms with Gasteiger partial charge in [-0.3, -0.25) is 4.79 Å². The second kappa shape index (κ2) is 36.1. The first-order chi connectivity index (χ1) is 19.8. The molecule has 0 radical (unpaired) electrons. The molecule has 240 valence electrons. The van der Waals surface area contributed by atoms with Crippen molar-refractivity contribution < 1.29 is 47.4 Å². The second-order valence-electron chi connectivity index (χ2n) is 9.09. The Hall–Kier alpha value is -0.890. The minimum Gasteiger partial charge on any atom is -0.463 e. The van der Waals surface area contributed by atoms with Gasteiger partial charge >= 0.3 is 5.97 Å². The zero-order valence-corrected chi connectivity index (χ0v) is 25.5. The Morgan fingerprint density at radius 1 is 0.450 bits per heavy atom. The Kier molecular flexibility index (Phi) is 35.3. The van der Waals surface area contributed by atoms with Crippen LogP contribution in [0.1, 0.15) is 58.3 Å². The molecular formula is C29H59NO10. The first kappa shape index (κ1) is 39.1. The van der Waals surface area contributed by atoms with Crippen LogP contribution >= 0.6 is 0 Å². The molecule has 0 rings (SSSR count). The normalized spacial score (nSPS) is 11.3. The highest BCUT2D eigenvalue weighted by Crippen LogP contribution is 2.08. The summed E-state index contributed by atoms with van der Waals surface area (Å²) in [6, 6.07) is 0. The van der Waals surface area contributed by atoms with Crippen molar-refractivity contribution in [3.63, 3.8) is 0 Å². The molecule has 0 amide bonds. The third-order valence-electron chi connectivity index (χ3n) is 5.58. The molecular weight excluding hydrogens is 522 g/mol. The molecule has 0 aromatic carbocycles. The third kappa shape index (κ3) is 35.1. The number of nitrogens with one attached hydrogen (secondary N) is 1. The molecule has 0 aliphatic rings. The van der Waals surface area contributed by atoms with Gasteiger partial charge in [0.15, 0.2) is 0 Å². The average Bonchev–Trinajstić information content (AvgIpc) is 2.96. The van der Waals surface area contributed by atoms with E-state index in [1.807, 2.05) is 7.05 Å². The Morgan fingerprint density at radius 2 is 0.775 bits per heavy atom. The smallest absolute Gasteiger partial charge is 0.305 e. The van der Waals surface area contributed by atoms with Gasteiger partial charge in [0.2, 0.25) is 0 Å². The van der Waals surface area contributed by atoms with Gasteiger partial charge in [-0.05, 0) is 13.5 Å². The highest BCUT2D eigenvalue weighted by atomic mass is 16.6. The predicted octanol–water partition coefficient (Wildman–Crippen LogP) is 3.02. The maximum atomic E-state index is 11.7. The fourth-order valence-corrected chi connectivity index (χ4v) is 3.33. The van der Waals surface area contributed by atoms with Crippen LogP contribution in [-0.2, 0) is 47.4 Å². The zero-order valence-electron chi connectivity index (χ0n) is 25.5. The van der Waals surface area contributed by atoms with E-state index in [0.717, 1.165) is 19.4 Å². The van der Waals surface area contributed by atoms with E-state index in [1.165, 1.54) is 32.1 Å². The van der Waals surface area contributed by atoms with Crippen LogP contribution in [0.3, 0.4) is 0 Å². The Morgan fingerprint density at radius 3 is 1.15 bits per heavy atom. The minimum atomic E-state index is -0.136. The van der Waals surface area contributed by atoms with Crippen molar-refractivity contribution >= 4 is 5.97 Å². The van der Waals surface area contributed by atoms with E-state index >= 15 is 0 Å². The van der Waals surface area contributed by atoms with Crippen molar-refractivity contribution in [3.8, 4) is 0 Å². The van der Waals surface area contributed by atoms with Gasteiger partial charge in [-0.1, -0.05) is 45.4 Å². The number of unbranched alkanes of at least 4 members (excludes halogenated alkanes) is 6. The lowest BCUT2D eigenvalue weighted by atomic mass is 10.1. The summed E-state index contributed by atoms with van der Waals surface area (Å²) in [4.78, 5) is 11.7. The number of carbonyl (C=O) groups is 1. The van der Waals surface area contributed by atoms with Crippen LogP contribution in [0.25, 0.3) is 0 Å². The van der Waals surface area contributed by atoms with Gasteiger partial charge in [0.05, 0.1) is 106 Å². The molecule has 0 saturated carbocycles. The summed E-state index contributed by atoms with van der Waals surface area (Å²) in [5, 5.41) is 3.02. The van der Waals surface area contributed by atoms with E-state index < -0.39 is 0 Å². The van der Waals surface area contributed by atoms with Crippen LogP contribution < -0.4 is 5.32 Å². The van der Waals surface area contributed by atoms with Crippen LogP contribution in [0.5, 0.6) is 0 Å². The van der Waals surface area contributed by atoms with Crippen molar-refractivity contribution in [1.82, 2.24) is 5.32 Å². The van der Waals surface area contributed by atoms with Crippen LogP contribution in [0.15, 0.2) is 0 Å². The lowest BCUT2D eigenvalue weighted by Crippen LogP contribution is -2.17. The number of rotatable bonds is 35. The fraction of sp³-hybridized carbons (Fsp3) is 0.966. The van der Waals surface area contributed by atoms with Gasteiger partial charge in [0, 0.05) is 13.0 Å². The summed E-state index contributed by atoms with van der Waals surface area (Å²) >= 11 is 0. The van der Waals surface area contributed by atoms with E-state index in [1.54, 1.807) is 0 Å². The van der Waals surface area contributed by atoms with Gasteiger partial charge in [-0.15, -0.1) is 0 Å². The van der Waals surface area contributed by atoms with Gasteiger partial charge in [0.1, 0.15) is 6.61 Å².